The normalized spacial score (nSPS) is 21.3. The molecular weight excluding hydrogens is 979 g/mol. The van der Waals surface area contributed by atoms with E-state index in [1.54, 1.807) is 42.0 Å². The molecule has 2 aliphatic carbocycles. The first kappa shape index (κ1) is 52.8. The third kappa shape index (κ3) is 12.2. The highest BCUT2D eigenvalue weighted by atomic mass is 79.9. The Morgan fingerprint density at radius 1 is 0.586 bits per heavy atom. The maximum absolute atomic E-state index is 13.4. The van der Waals surface area contributed by atoms with Gasteiger partial charge in [-0.3, -0.25) is 9.80 Å². The van der Waals surface area contributed by atoms with Gasteiger partial charge in [-0.05, 0) is 143 Å². The van der Waals surface area contributed by atoms with Crippen LogP contribution in [0.25, 0.3) is 0 Å². The Balaban J connectivity index is 0.000000206. The van der Waals surface area contributed by atoms with Gasteiger partial charge in [-0.15, -0.1) is 0 Å². The Labute approximate surface area is 416 Å². The Hall–Kier alpha value is -5.06. The van der Waals surface area contributed by atoms with Crippen LogP contribution in [0.15, 0.2) is 65.4 Å². The second-order valence-electron chi connectivity index (χ2n) is 19.4. The summed E-state index contributed by atoms with van der Waals surface area (Å²) < 4.78 is 92.4. The molecule has 2 aromatic heterocycles. The van der Waals surface area contributed by atoms with Crippen LogP contribution in [0.4, 0.5) is 47.6 Å². The zero-order chi connectivity index (χ0) is 50.7. The number of aromatic nitrogens is 2. The van der Waals surface area contributed by atoms with Crippen molar-refractivity contribution in [1.82, 2.24) is 19.8 Å². The molecule has 0 unspecified atom stereocenters. The Kier molecular flexibility index (Phi) is 16.7. The van der Waals surface area contributed by atoms with Gasteiger partial charge in [0.2, 0.25) is 0 Å². The highest BCUT2D eigenvalue weighted by Crippen LogP contribution is 2.41. The van der Waals surface area contributed by atoms with Crippen molar-refractivity contribution in [2.45, 2.75) is 174 Å². The molecule has 0 bridgehead atoms. The first-order chi connectivity index (χ1) is 33.2. The van der Waals surface area contributed by atoms with E-state index in [0.717, 1.165) is 95.8 Å². The fourth-order valence-electron chi connectivity index (χ4n) is 10.8. The number of benzene rings is 2. The lowest BCUT2D eigenvalue weighted by Crippen LogP contribution is -2.39. The van der Waals surface area contributed by atoms with Crippen molar-refractivity contribution in [3.05, 3.63) is 115 Å². The molecule has 8 rings (SSSR count). The quantitative estimate of drug-likeness (QED) is 0.130. The van der Waals surface area contributed by atoms with E-state index in [9.17, 15) is 35.9 Å². The summed E-state index contributed by atoms with van der Waals surface area (Å²) in [6.45, 7) is 15.3. The molecule has 380 valence electrons. The molecule has 0 N–H and O–H groups in total. The van der Waals surface area contributed by atoms with Crippen molar-refractivity contribution in [3.8, 4) is 0 Å². The van der Waals surface area contributed by atoms with E-state index in [2.05, 4.69) is 45.6 Å². The summed E-state index contributed by atoms with van der Waals surface area (Å²) in [4.78, 5) is 43.2. The number of amides is 2. The number of carbonyl (C=O) groups is 2. The standard InChI is InChI=1S/C27H34F3N3O2.C26H31BrF3N3O2/c1-5-32(23-9-7-6-8-10-23)25-21(12-18(3)15-31-25)16-33-19(4)24(35-26(33)34)20-11-17(2)13-22(14-20)27(28,29)30;1-4-32(22-8-6-5-7-9-22)24-19(13-21(27)14-31-24)15-33-17(3)23(35-25(33)34)18-10-16(2)11-20(12-18)26(28,29)30/h11-15,19,23-24H,5-10,16H2,1-4H3;10-14,17,22-23H,4-9,15H2,1-3H3/t19-,24-;17-,23-/m00/s1. The largest absolute Gasteiger partial charge is 0.439 e. The predicted molar refractivity (Wildman–Crippen MR) is 262 cm³/mol. The first-order valence-electron chi connectivity index (χ1n) is 24.6. The van der Waals surface area contributed by atoms with Crippen molar-refractivity contribution in [2.24, 2.45) is 0 Å². The van der Waals surface area contributed by atoms with Crippen LogP contribution in [0, 0.1) is 20.8 Å². The molecule has 10 nitrogen and oxygen atoms in total. The van der Waals surface area contributed by atoms with Gasteiger partial charge in [-0.2, -0.15) is 26.3 Å². The zero-order valence-electron chi connectivity index (χ0n) is 41.1. The van der Waals surface area contributed by atoms with E-state index in [4.69, 9.17) is 19.4 Å². The van der Waals surface area contributed by atoms with Gasteiger partial charge in [0, 0.05) is 53.2 Å². The molecule has 2 amide bonds. The zero-order valence-corrected chi connectivity index (χ0v) is 42.7. The Morgan fingerprint density at radius 3 is 1.39 bits per heavy atom. The molecular formula is C53H65BrF6N6O4. The molecule has 2 aliphatic heterocycles. The molecule has 2 saturated heterocycles. The van der Waals surface area contributed by atoms with Crippen LogP contribution >= 0.6 is 15.9 Å². The number of cyclic esters (lactones) is 2. The Morgan fingerprint density at radius 2 is 0.986 bits per heavy atom. The number of rotatable bonds is 12. The number of ether oxygens (including phenoxy) is 2. The van der Waals surface area contributed by atoms with Crippen LogP contribution in [0.3, 0.4) is 0 Å². The van der Waals surface area contributed by atoms with Gasteiger partial charge >= 0.3 is 24.5 Å². The average molecular weight is 1040 g/mol. The number of carbonyl (C=O) groups excluding carboxylic acids is 2. The van der Waals surface area contributed by atoms with Crippen LogP contribution < -0.4 is 9.80 Å². The maximum atomic E-state index is 13.4. The van der Waals surface area contributed by atoms with Gasteiger partial charge in [0.25, 0.3) is 0 Å². The predicted octanol–water partition coefficient (Wildman–Crippen LogP) is 14.4. The van der Waals surface area contributed by atoms with Crippen LogP contribution in [0.2, 0.25) is 0 Å². The number of hydrogen-bond donors (Lipinski definition) is 0. The number of hydrogen-bond acceptors (Lipinski definition) is 8. The second kappa shape index (κ2) is 22.1. The lowest BCUT2D eigenvalue weighted by atomic mass is 9.93. The summed E-state index contributed by atoms with van der Waals surface area (Å²) >= 11 is 3.50. The molecule has 17 heteroatoms. The van der Waals surface area contributed by atoms with E-state index in [0.29, 0.717) is 40.9 Å². The minimum atomic E-state index is -4.47. The van der Waals surface area contributed by atoms with Crippen molar-refractivity contribution in [2.75, 3.05) is 22.9 Å². The number of aryl methyl sites for hydroxylation is 3. The van der Waals surface area contributed by atoms with Gasteiger partial charge in [-0.25, -0.2) is 19.6 Å². The molecule has 0 spiro atoms. The van der Waals surface area contributed by atoms with Gasteiger partial charge in [0.15, 0.2) is 0 Å². The van der Waals surface area contributed by atoms with Gasteiger partial charge in [0.1, 0.15) is 23.8 Å². The summed E-state index contributed by atoms with van der Waals surface area (Å²) in [6, 6.07) is 11.7. The summed E-state index contributed by atoms with van der Waals surface area (Å²) in [5.41, 5.74) is 3.01. The molecule has 4 atom stereocenters. The van der Waals surface area contributed by atoms with E-state index in [-0.39, 0.29) is 6.54 Å². The highest BCUT2D eigenvalue weighted by molar-refractivity contribution is 9.10. The first-order valence-corrected chi connectivity index (χ1v) is 25.4. The monoisotopic (exact) mass is 1040 g/mol. The SMILES string of the molecule is CCN(c1ncc(Br)cc1CN1C(=O)O[C@H](c2cc(C)cc(C(F)(F)F)c2)[C@@H]1C)C1CCCCC1.CCN(c1ncc(C)cc1CN1C(=O)O[C@H](c2cc(C)cc(C(F)(F)F)c2)[C@@H]1C)C1CCCCC1. The minimum absolute atomic E-state index is 0.263. The average Bonchev–Trinajstić information content (AvgIpc) is 3.76. The fraction of sp³-hybridized carbons (Fsp3) is 0.547. The topological polar surface area (TPSA) is 91.3 Å². The van der Waals surface area contributed by atoms with E-state index in [1.807, 2.05) is 33.0 Å². The maximum Gasteiger partial charge on any atom is 0.416 e. The number of alkyl halides is 6. The molecule has 2 aromatic carbocycles. The summed E-state index contributed by atoms with van der Waals surface area (Å²) in [5, 5.41) is 0. The number of pyridine rings is 2. The van der Waals surface area contributed by atoms with Crippen molar-refractivity contribution < 1.29 is 45.4 Å². The number of nitrogens with zero attached hydrogens (tertiary/aromatic N) is 6. The van der Waals surface area contributed by atoms with Crippen molar-refractivity contribution >= 4 is 39.8 Å². The molecule has 4 fully saturated rings. The molecule has 4 heterocycles. The number of halogens is 7. The van der Waals surface area contributed by atoms with Crippen LogP contribution in [0.5, 0.6) is 0 Å². The third-order valence-corrected chi connectivity index (χ3v) is 14.7. The van der Waals surface area contributed by atoms with Crippen molar-refractivity contribution in [3.63, 3.8) is 0 Å². The third-order valence-electron chi connectivity index (χ3n) is 14.2. The van der Waals surface area contributed by atoms with Crippen LogP contribution in [-0.4, -0.2) is 69.2 Å². The summed E-state index contributed by atoms with van der Waals surface area (Å²) in [5.74, 6) is 1.73. The molecule has 4 aromatic rings. The van der Waals surface area contributed by atoms with Gasteiger partial charge in [0.05, 0.1) is 36.3 Å². The van der Waals surface area contributed by atoms with Crippen LogP contribution in [0.1, 0.15) is 154 Å². The lowest BCUT2D eigenvalue weighted by molar-refractivity contribution is -0.138. The molecule has 70 heavy (non-hydrogen) atoms. The van der Waals surface area contributed by atoms with E-state index in [1.165, 1.54) is 38.5 Å². The smallest absolute Gasteiger partial charge is 0.416 e. The second-order valence-corrected chi connectivity index (χ2v) is 20.3. The molecule has 0 radical (unpaired) electrons. The van der Waals surface area contributed by atoms with Gasteiger partial charge in [-0.1, -0.05) is 61.8 Å². The highest BCUT2D eigenvalue weighted by Gasteiger charge is 2.43. The summed E-state index contributed by atoms with van der Waals surface area (Å²) in [6.07, 6.45) is 3.87. The molecule has 2 saturated carbocycles. The summed E-state index contributed by atoms with van der Waals surface area (Å²) in [7, 11) is 0. The van der Waals surface area contributed by atoms with Crippen molar-refractivity contribution in [1.29, 1.82) is 0 Å². The van der Waals surface area contributed by atoms with E-state index >= 15 is 0 Å². The lowest BCUT2D eigenvalue weighted by Gasteiger charge is -2.36. The Bertz CT molecular complexity index is 2310. The number of anilines is 2. The van der Waals surface area contributed by atoms with Gasteiger partial charge < -0.3 is 19.3 Å². The van der Waals surface area contributed by atoms with Crippen LogP contribution in [-0.2, 0) is 34.9 Å². The minimum Gasteiger partial charge on any atom is -0.439 e. The fourth-order valence-corrected chi connectivity index (χ4v) is 11.1. The molecule has 4 aliphatic rings. The van der Waals surface area contributed by atoms with E-state index < -0.39 is 60.0 Å².